The van der Waals surface area contributed by atoms with Crippen LogP contribution >= 0.6 is 0 Å². The van der Waals surface area contributed by atoms with E-state index < -0.39 is 6.04 Å². The molecule has 0 aliphatic carbocycles. The minimum atomic E-state index is -0.615. The number of imide groups is 1. The highest BCUT2D eigenvalue weighted by molar-refractivity contribution is 6.23. The normalized spacial score (nSPS) is 16.7. The molecule has 0 aromatic heterocycles. The second-order valence-corrected chi connectivity index (χ2v) is 5.82. The van der Waals surface area contributed by atoms with E-state index in [1.54, 1.807) is 24.3 Å². The van der Waals surface area contributed by atoms with Crippen LogP contribution in [0.5, 0.6) is 11.5 Å². The van der Waals surface area contributed by atoms with Crippen molar-refractivity contribution in [3.63, 3.8) is 0 Å². The van der Waals surface area contributed by atoms with Crippen LogP contribution in [0.15, 0.2) is 48.5 Å². The minimum Gasteiger partial charge on any atom is -0.494 e. The minimum absolute atomic E-state index is 0.104. The van der Waals surface area contributed by atoms with Crippen LogP contribution in [0.25, 0.3) is 0 Å². The first-order valence-electron chi connectivity index (χ1n) is 8.72. The van der Waals surface area contributed by atoms with Gasteiger partial charge in [-0.1, -0.05) is 12.1 Å². The molecule has 6 heteroatoms. The second-order valence-electron chi connectivity index (χ2n) is 5.82. The molecule has 1 aliphatic rings. The van der Waals surface area contributed by atoms with Crippen LogP contribution in [-0.2, 0) is 9.59 Å². The third-order valence-electron chi connectivity index (χ3n) is 4.07. The Morgan fingerprint density at radius 1 is 1.00 bits per heavy atom. The van der Waals surface area contributed by atoms with Gasteiger partial charge >= 0.3 is 0 Å². The summed E-state index contributed by atoms with van der Waals surface area (Å²) < 4.78 is 11.0. The Hall–Kier alpha value is -3.02. The molecule has 1 N–H and O–H groups in total. The van der Waals surface area contributed by atoms with Crippen molar-refractivity contribution < 1.29 is 19.1 Å². The van der Waals surface area contributed by atoms with E-state index in [1.807, 2.05) is 38.1 Å². The van der Waals surface area contributed by atoms with Crippen LogP contribution in [0.3, 0.4) is 0 Å². The number of ether oxygens (including phenoxy) is 2. The van der Waals surface area contributed by atoms with Gasteiger partial charge in [0.1, 0.15) is 17.5 Å². The van der Waals surface area contributed by atoms with Gasteiger partial charge in [0.2, 0.25) is 5.91 Å². The first-order valence-corrected chi connectivity index (χ1v) is 8.72. The highest BCUT2D eigenvalue weighted by Crippen LogP contribution is 2.30. The van der Waals surface area contributed by atoms with Crippen molar-refractivity contribution in [2.24, 2.45) is 0 Å². The monoisotopic (exact) mass is 354 g/mol. The van der Waals surface area contributed by atoms with Crippen molar-refractivity contribution in [1.29, 1.82) is 0 Å². The van der Waals surface area contributed by atoms with E-state index in [-0.39, 0.29) is 18.2 Å². The van der Waals surface area contributed by atoms with Gasteiger partial charge in [0.25, 0.3) is 5.91 Å². The van der Waals surface area contributed by atoms with E-state index in [9.17, 15) is 9.59 Å². The molecule has 1 atom stereocenters. The lowest BCUT2D eigenvalue weighted by Gasteiger charge is -2.18. The molecular weight excluding hydrogens is 332 g/mol. The highest BCUT2D eigenvalue weighted by atomic mass is 16.5. The lowest BCUT2D eigenvalue weighted by atomic mass is 10.2. The number of para-hydroxylation sites is 2. The highest BCUT2D eigenvalue weighted by Gasteiger charge is 2.39. The van der Waals surface area contributed by atoms with E-state index in [0.29, 0.717) is 36.1 Å². The summed E-state index contributed by atoms with van der Waals surface area (Å²) in [6.07, 6.45) is 0.104. The van der Waals surface area contributed by atoms with Crippen molar-refractivity contribution in [2.45, 2.75) is 26.3 Å². The fourth-order valence-electron chi connectivity index (χ4n) is 2.93. The van der Waals surface area contributed by atoms with Gasteiger partial charge in [-0.05, 0) is 50.2 Å². The number of hydrogen-bond acceptors (Lipinski definition) is 5. The van der Waals surface area contributed by atoms with Crippen LogP contribution in [0.4, 0.5) is 11.4 Å². The number of carbonyl (C=O) groups excluding carboxylic acids is 2. The predicted octanol–water partition coefficient (Wildman–Crippen LogP) is 3.23. The van der Waals surface area contributed by atoms with Crippen LogP contribution in [0, 0.1) is 0 Å². The molecule has 0 spiro atoms. The lowest BCUT2D eigenvalue weighted by molar-refractivity contribution is -0.121. The largest absolute Gasteiger partial charge is 0.494 e. The second kappa shape index (κ2) is 7.91. The zero-order chi connectivity index (χ0) is 18.5. The van der Waals surface area contributed by atoms with Crippen molar-refractivity contribution in [1.82, 2.24) is 0 Å². The summed E-state index contributed by atoms with van der Waals surface area (Å²) in [5.41, 5.74) is 1.25. The Morgan fingerprint density at radius 2 is 1.69 bits per heavy atom. The zero-order valence-electron chi connectivity index (χ0n) is 14.9. The Kier molecular flexibility index (Phi) is 5.41. The molecular formula is C20H22N2O4. The fraction of sp³-hybridized carbons (Fsp3) is 0.300. The molecule has 1 saturated heterocycles. The van der Waals surface area contributed by atoms with Gasteiger partial charge in [-0.3, -0.25) is 9.59 Å². The summed E-state index contributed by atoms with van der Waals surface area (Å²) in [4.78, 5) is 26.4. The molecule has 1 aliphatic heterocycles. The molecule has 0 bridgehead atoms. The average molecular weight is 354 g/mol. The van der Waals surface area contributed by atoms with Gasteiger partial charge < -0.3 is 14.8 Å². The number of benzene rings is 2. The summed E-state index contributed by atoms with van der Waals surface area (Å²) in [5, 5.41) is 3.14. The van der Waals surface area contributed by atoms with Crippen LogP contribution in [0.2, 0.25) is 0 Å². The molecule has 136 valence electrons. The predicted molar refractivity (Wildman–Crippen MR) is 99.7 cm³/mol. The Labute approximate surface area is 152 Å². The molecule has 1 heterocycles. The summed E-state index contributed by atoms with van der Waals surface area (Å²) in [6.45, 7) is 4.88. The summed E-state index contributed by atoms with van der Waals surface area (Å²) in [5.74, 6) is 0.862. The van der Waals surface area contributed by atoms with Gasteiger partial charge in [-0.15, -0.1) is 0 Å². The zero-order valence-corrected chi connectivity index (χ0v) is 14.9. The van der Waals surface area contributed by atoms with Crippen molar-refractivity contribution in [2.75, 3.05) is 23.4 Å². The first-order chi connectivity index (χ1) is 12.6. The maximum Gasteiger partial charge on any atom is 0.256 e. The van der Waals surface area contributed by atoms with Crippen molar-refractivity contribution in [3.8, 4) is 11.5 Å². The summed E-state index contributed by atoms with van der Waals surface area (Å²) >= 11 is 0. The Bertz CT molecular complexity index is 789. The van der Waals surface area contributed by atoms with E-state index in [4.69, 9.17) is 9.47 Å². The van der Waals surface area contributed by atoms with Crippen LogP contribution in [-0.4, -0.2) is 31.1 Å². The lowest BCUT2D eigenvalue weighted by Crippen LogP contribution is -2.34. The quantitative estimate of drug-likeness (QED) is 0.773. The molecule has 6 nitrogen and oxygen atoms in total. The fourth-order valence-corrected chi connectivity index (χ4v) is 2.93. The topological polar surface area (TPSA) is 67.9 Å². The van der Waals surface area contributed by atoms with Gasteiger partial charge in [-0.25, -0.2) is 4.90 Å². The summed E-state index contributed by atoms with van der Waals surface area (Å²) in [6, 6.07) is 13.7. The van der Waals surface area contributed by atoms with Crippen molar-refractivity contribution in [3.05, 3.63) is 48.5 Å². The summed E-state index contributed by atoms with van der Waals surface area (Å²) in [7, 11) is 0. The molecule has 2 aromatic carbocycles. The van der Waals surface area contributed by atoms with Gasteiger partial charge in [0.05, 0.1) is 31.0 Å². The number of amides is 2. The van der Waals surface area contributed by atoms with E-state index in [0.717, 1.165) is 0 Å². The number of anilines is 2. The maximum atomic E-state index is 12.8. The molecule has 0 unspecified atom stereocenters. The number of carbonyl (C=O) groups is 2. The van der Waals surface area contributed by atoms with Crippen LogP contribution in [0.1, 0.15) is 20.3 Å². The van der Waals surface area contributed by atoms with E-state index in [1.165, 1.54) is 4.90 Å². The van der Waals surface area contributed by atoms with Gasteiger partial charge in [0, 0.05) is 0 Å². The maximum absolute atomic E-state index is 12.8. The number of rotatable bonds is 7. The molecule has 2 amide bonds. The molecule has 0 radical (unpaired) electrons. The third-order valence-corrected chi connectivity index (χ3v) is 4.07. The van der Waals surface area contributed by atoms with Gasteiger partial charge in [0.15, 0.2) is 0 Å². The molecule has 0 saturated carbocycles. The van der Waals surface area contributed by atoms with E-state index >= 15 is 0 Å². The number of nitrogens with one attached hydrogen (secondary N) is 1. The smallest absolute Gasteiger partial charge is 0.256 e. The van der Waals surface area contributed by atoms with Crippen molar-refractivity contribution >= 4 is 23.2 Å². The third kappa shape index (κ3) is 3.64. The van der Waals surface area contributed by atoms with Gasteiger partial charge in [-0.2, -0.15) is 0 Å². The molecule has 2 aromatic rings. The van der Waals surface area contributed by atoms with E-state index in [2.05, 4.69) is 5.32 Å². The standard InChI is InChI=1S/C20H22N2O4/c1-3-25-15-11-9-14(10-12-15)22-19(23)13-17(20(22)24)21-16-7-5-6-8-18(16)26-4-2/h5-12,17,21H,3-4,13H2,1-2H3/t17-/m0/s1. The molecule has 3 rings (SSSR count). The molecule has 1 fully saturated rings. The van der Waals surface area contributed by atoms with Crippen LogP contribution < -0.4 is 19.7 Å². The molecule has 26 heavy (non-hydrogen) atoms. The SMILES string of the molecule is CCOc1ccc(N2C(=O)C[C@H](Nc3ccccc3OCC)C2=O)cc1. The number of nitrogens with zero attached hydrogens (tertiary/aromatic N) is 1. The Balaban J connectivity index is 1.77. The number of hydrogen-bond donors (Lipinski definition) is 1. The first kappa shape index (κ1) is 17.8. The average Bonchev–Trinajstić information content (AvgIpc) is 2.92. The Morgan fingerprint density at radius 3 is 2.38 bits per heavy atom.